The number of rotatable bonds is 4. The molecule has 0 saturated heterocycles. The molecule has 0 fully saturated rings. The summed E-state index contributed by atoms with van der Waals surface area (Å²) in [4.78, 5) is 0.190. The summed E-state index contributed by atoms with van der Waals surface area (Å²) >= 11 is 3.26. The zero-order valence-electron chi connectivity index (χ0n) is 11.6. The van der Waals surface area contributed by atoms with Gasteiger partial charge in [-0.25, -0.2) is 13.1 Å². The average molecular weight is 381 g/mol. The summed E-state index contributed by atoms with van der Waals surface area (Å²) in [6.45, 7) is 1.73. The number of pyridine rings is 1. The van der Waals surface area contributed by atoms with Crippen molar-refractivity contribution >= 4 is 31.6 Å². The van der Waals surface area contributed by atoms with E-state index in [1.165, 1.54) is 0 Å². The van der Waals surface area contributed by atoms with Gasteiger partial charge in [0.1, 0.15) is 0 Å². The fourth-order valence-corrected chi connectivity index (χ4v) is 4.37. The summed E-state index contributed by atoms with van der Waals surface area (Å²) in [5.74, 6) is 0.534. The number of nitrogens with zero attached hydrogens (tertiary/aromatic N) is 3. The fraction of sp³-hybridized carbons (Fsp3) is 0.143. The van der Waals surface area contributed by atoms with Crippen LogP contribution in [-0.2, 0) is 10.0 Å². The van der Waals surface area contributed by atoms with Gasteiger partial charge in [-0.3, -0.25) is 4.40 Å². The van der Waals surface area contributed by atoms with E-state index in [2.05, 4.69) is 30.8 Å². The van der Waals surface area contributed by atoms with Gasteiger partial charge < -0.3 is 0 Å². The van der Waals surface area contributed by atoms with Gasteiger partial charge in [0.15, 0.2) is 11.5 Å². The summed E-state index contributed by atoms with van der Waals surface area (Å²) in [6.07, 6.45) is 1.80. The number of benzene rings is 1. The smallest absolute Gasteiger partial charge is 0.242 e. The van der Waals surface area contributed by atoms with Gasteiger partial charge >= 0.3 is 0 Å². The molecular formula is C14H13BrN4O2S. The van der Waals surface area contributed by atoms with E-state index in [1.54, 1.807) is 41.8 Å². The van der Waals surface area contributed by atoms with E-state index in [1.807, 2.05) is 18.2 Å². The molecule has 0 amide bonds. The van der Waals surface area contributed by atoms with Gasteiger partial charge in [0, 0.05) is 10.7 Å². The van der Waals surface area contributed by atoms with Crippen LogP contribution in [0.25, 0.3) is 5.65 Å². The van der Waals surface area contributed by atoms with Gasteiger partial charge in [0.05, 0.1) is 10.9 Å². The van der Waals surface area contributed by atoms with Crippen molar-refractivity contribution in [3.63, 3.8) is 0 Å². The van der Waals surface area contributed by atoms with Crippen LogP contribution in [0.1, 0.15) is 18.8 Å². The Hall–Kier alpha value is -1.77. The molecule has 3 rings (SSSR count). The van der Waals surface area contributed by atoms with Crippen molar-refractivity contribution in [3.8, 4) is 0 Å². The molecule has 2 heterocycles. The van der Waals surface area contributed by atoms with Crippen LogP contribution in [0, 0.1) is 0 Å². The highest BCUT2D eigenvalue weighted by molar-refractivity contribution is 9.10. The van der Waals surface area contributed by atoms with Crippen molar-refractivity contribution in [2.45, 2.75) is 17.9 Å². The maximum Gasteiger partial charge on any atom is 0.242 e. The lowest BCUT2D eigenvalue weighted by Crippen LogP contribution is -2.28. The molecule has 0 aliphatic heterocycles. The molecule has 0 radical (unpaired) electrons. The molecule has 2 aromatic heterocycles. The second kappa shape index (κ2) is 5.79. The van der Waals surface area contributed by atoms with E-state index in [0.717, 1.165) is 0 Å². The molecule has 0 saturated carbocycles. The maximum absolute atomic E-state index is 12.5. The molecule has 1 unspecified atom stereocenters. The van der Waals surface area contributed by atoms with Crippen molar-refractivity contribution < 1.29 is 8.42 Å². The molecule has 0 aliphatic carbocycles. The number of nitrogens with one attached hydrogen (secondary N) is 1. The molecule has 0 bridgehead atoms. The van der Waals surface area contributed by atoms with Gasteiger partial charge in [-0.2, -0.15) is 0 Å². The van der Waals surface area contributed by atoms with Crippen molar-refractivity contribution in [1.82, 2.24) is 19.3 Å². The third-order valence-corrected chi connectivity index (χ3v) is 5.74. The minimum Gasteiger partial charge on any atom is -0.285 e. The first-order valence-electron chi connectivity index (χ1n) is 6.55. The van der Waals surface area contributed by atoms with Crippen LogP contribution in [0.4, 0.5) is 0 Å². The molecule has 1 aromatic carbocycles. The molecular weight excluding hydrogens is 368 g/mol. The van der Waals surface area contributed by atoms with Gasteiger partial charge in [-0.15, -0.1) is 10.2 Å². The molecule has 8 heteroatoms. The number of sulfonamides is 1. The Morgan fingerprint density at radius 1 is 1.14 bits per heavy atom. The van der Waals surface area contributed by atoms with Crippen LogP contribution in [-0.4, -0.2) is 23.0 Å². The van der Waals surface area contributed by atoms with Crippen LogP contribution in [0.15, 0.2) is 58.0 Å². The van der Waals surface area contributed by atoms with Crippen molar-refractivity contribution in [1.29, 1.82) is 0 Å². The second-order valence-corrected chi connectivity index (χ2v) is 7.30. The van der Waals surface area contributed by atoms with E-state index < -0.39 is 16.1 Å². The van der Waals surface area contributed by atoms with E-state index in [-0.39, 0.29) is 4.90 Å². The molecule has 1 N–H and O–H groups in total. The Bertz CT molecular complexity index is 923. The number of hydrogen-bond donors (Lipinski definition) is 1. The molecule has 0 aliphatic rings. The predicted molar refractivity (Wildman–Crippen MR) is 85.9 cm³/mol. The standard InChI is InChI=1S/C14H13BrN4O2S/c1-10(14-17-16-13-8-4-5-9-19(13)14)18-22(20,21)12-7-3-2-6-11(12)15/h2-10,18H,1H3. The van der Waals surface area contributed by atoms with Crippen molar-refractivity contribution in [2.24, 2.45) is 0 Å². The third-order valence-electron chi connectivity index (χ3n) is 3.19. The van der Waals surface area contributed by atoms with Gasteiger partial charge in [-0.1, -0.05) is 18.2 Å². The average Bonchev–Trinajstić information content (AvgIpc) is 2.91. The lowest BCUT2D eigenvalue weighted by Gasteiger charge is -2.13. The third kappa shape index (κ3) is 2.77. The zero-order chi connectivity index (χ0) is 15.7. The number of hydrogen-bond acceptors (Lipinski definition) is 4. The SMILES string of the molecule is CC(NS(=O)(=O)c1ccccc1Br)c1nnc2ccccn12. The molecule has 1 atom stereocenters. The first kappa shape index (κ1) is 15.1. The first-order chi connectivity index (χ1) is 10.5. The number of halogens is 1. The zero-order valence-corrected chi connectivity index (χ0v) is 14.0. The van der Waals surface area contributed by atoms with Gasteiger partial charge in [0.25, 0.3) is 0 Å². The molecule has 114 valence electrons. The van der Waals surface area contributed by atoms with E-state index in [4.69, 9.17) is 0 Å². The highest BCUT2D eigenvalue weighted by Crippen LogP contribution is 2.23. The minimum absolute atomic E-state index is 0.190. The Kier molecular flexibility index (Phi) is 3.98. The molecule has 3 aromatic rings. The van der Waals surface area contributed by atoms with Gasteiger partial charge in [0.2, 0.25) is 10.0 Å². The van der Waals surface area contributed by atoms with Crippen molar-refractivity contribution in [3.05, 3.63) is 59.0 Å². The molecule has 22 heavy (non-hydrogen) atoms. The Morgan fingerprint density at radius 2 is 1.86 bits per heavy atom. The highest BCUT2D eigenvalue weighted by Gasteiger charge is 2.23. The Labute approximate surface area is 136 Å². The second-order valence-electron chi connectivity index (χ2n) is 4.76. The predicted octanol–water partition coefficient (Wildman–Crippen LogP) is 2.53. The van der Waals surface area contributed by atoms with Crippen LogP contribution in [0.2, 0.25) is 0 Å². The number of aromatic nitrogens is 3. The topological polar surface area (TPSA) is 76.4 Å². The highest BCUT2D eigenvalue weighted by atomic mass is 79.9. The largest absolute Gasteiger partial charge is 0.285 e. The fourth-order valence-electron chi connectivity index (χ4n) is 2.17. The van der Waals surface area contributed by atoms with Crippen LogP contribution < -0.4 is 4.72 Å². The summed E-state index contributed by atoms with van der Waals surface area (Å²) < 4.78 is 29.9. The monoisotopic (exact) mass is 380 g/mol. The lowest BCUT2D eigenvalue weighted by molar-refractivity contribution is 0.558. The minimum atomic E-state index is -3.66. The number of fused-ring (bicyclic) bond motifs is 1. The summed E-state index contributed by atoms with van der Waals surface area (Å²) in [5, 5.41) is 8.10. The van der Waals surface area contributed by atoms with Gasteiger partial charge in [-0.05, 0) is 47.1 Å². The maximum atomic E-state index is 12.5. The Morgan fingerprint density at radius 3 is 2.64 bits per heavy atom. The van der Waals surface area contributed by atoms with Crippen LogP contribution in [0.3, 0.4) is 0 Å². The van der Waals surface area contributed by atoms with Crippen LogP contribution in [0.5, 0.6) is 0 Å². The van der Waals surface area contributed by atoms with E-state index in [0.29, 0.717) is 15.9 Å². The quantitative estimate of drug-likeness (QED) is 0.754. The summed E-state index contributed by atoms with van der Waals surface area (Å²) in [5.41, 5.74) is 0.671. The molecule has 0 spiro atoms. The Balaban J connectivity index is 1.94. The first-order valence-corrected chi connectivity index (χ1v) is 8.83. The van der Waals surface area contributed by atoms with Crippen molar-refractivity contribution in [2.75, 3.05) is 0 Å². The summed E-state index contributed by atoms with van der Waals surface area (Å²) in [7, 11) is -3.66. The van der Waals surface area contributed by atoms with Crippen LogP contribution >= 0.6 is 15.9 Å². The normalized spacial score (nSPS) is 13.4. The lowest BCUT2D eigenvalue weighted by atomic mass is 10.3. The van der Waals surface area contributed by atoms with E-state index in [9.17, 15) is 8.42 Å². The molecule has 6 nitrogen and oxygen atoms in total. The van der Waals surface area contributed by atoms with E-state index >= 15 is 0 Å². The summed E-state index contributed by atoms with van der Waals surface area (Å²) in [6, 6.07) is 11.7.